The second kappa shape index (κ2) is 4.03. The number of hydrogen-bond acceptors (Lipinski definition) is 4. The summed E-state index contributed by atoms with van der Waals surface area (Å²) in [5.41, 5.74) is 0.215. The van der Waals surface area contributed by atoms with Crippen molar-refractivity contribution in [3.8, 4) is 0 Å². The Labute approximate surface area is 106 Å². The highest BCUT2D eigenvalue weighted by Gasteiger charge is 2.63. The molecule has 0 N–H and O–H groups in total. The van der Waals surface area contributed by atoms with Crippen molar-refractivity contribution in [1.82, 2.24) is 9.13 Å². The molecule has 0 saturated carbocycles. The largest absolute Gasteiger partial charge is 0.523 e. The monoisotopic (exact) mass is 258 g/mol. The van der Waals surface area contributed by atoms with Crippen LogP contribution in [-0.2, 0) is 8.85 Å². The van der Waals surface area contributed by atoms with E-state index >= 15 is 0 Å². The fourth-order valence-electron chi connectivity index (χ4n) is 2.84. The highest BCUT2D eigenvalue weighted by molar-refractivity contribution is 6.63. The first-order chi connectivity index (χ1) is 7.68. The Hall–Kier alpha value is 0.0569. The molecular formula is C12H26N2O2Si. The van der Waals surface area contributed by atoms with Gasteiger partial charge in [-0.3, -0.25) is 9.13 Å². The van der Waals surface area contributed by atoms with Gasteiger partial charge in [-0.15, -0.1) is 0 Å². The highest BCUT2D eigenvalue weighted by Crippen LogP contribution is 2.37. The van der Waals surface area contributed by atoms with E-state index in [1.54, 1.807) is 0 Å². The standard InChI is InChI=1S/C12H26N2O2Si/c1-11(2,3)13-7-9-15-17(13)14(8-10-16-17)12(4,5)6/h7-10H2,1-6H3. The van der Waals surface area contributed by atoms with Crippen LogP contribution in [0.1, 0.15) is 41.5 Å². The first-order valence-electron chi connectivity index (χ1n) is 6.51. The minimum Gasteiger partial charge on any atom is -0.369 e. The van der Waals surface area contributed by atoms with Crippen LogP contribution in [0.25, 0.3) is 0 Å². The highest BCUT2D eigenvalue weighted by atomic mass is 28.4. The third-order valence-corrected chi connectivity index (χ3v) is 7.83. The van der Waals surface area contributed by atoms with Crippen LogP contribution < -0.4 is 0 Å². The zero-order valence-corrected chi connectivity index (χ0v) is 13.0. The lowest BCUT2D eigenvalue weighted by Gasteiger charge is -2.46. The van der Waals surface area contributed by atoms with E-state index in [1.807, 2.05) is 0 Å². The Morgan fingerprint density at radius 1 is 0.765 bits per heavy atom. The van der Waals surface area contributed by atoms with E-state index in [2.05, 4.69) is 50.7 Å². The maximum atomic E-state index is 6.15. The van der Waals surface area contributed by atoms with Crippen molar-refractivity contribution in [3.63, 3.8) is 0 Å². The zero-order chi connectivity index (χ0) is 12.9. The molecule has 2 heterocycles. The third-order valence-electron chi connectivity index (χ3n) is 3.51. The van der Waals surface area contributed by atoms with Gasteiger partial charge in [-0.2, -0.15) is 0 Å². The lowest BCUT2D eigenvalue weighted by Crippen LogP contribution is -2.70. The second-order valence-electron chi connectivity index (χ2n) is 6.89. The predicted molar refractivity (Wildman–Crippen MR) is 70.6 cm³/mol. The van der Waals surface area contributed by atoms with Crippen LogP contribution in [0.4, 0.5) is 0 Å². The topological polar surface area (TPSA) is 24.9 Å². The molecule has 0 atom stereocenters. The van der Waals surface area contributed by atoms with Crippen LogP contribution in [0.5, 0.6) is 0 Å². The zero-order valence-electron chi connectivity index (χ0n) is 12.0. The number of hydrogen-bond donors (Lipinski definition) is 0. The summed E-state index contributed by atoms with van der Waals surface area (Å²) >= 11 is 0. The van der Waals surface area contributed by atoms with E-state index in [0.29, 0.717) is 0 Å². The summed E-state index contributed by atoms with van der Waals surface area (Å²) in [4.78, 5) is 0. The van der Waals surface area contributed by atoms with E-state index in [0.717, 1.165) is 26.3 Å². The van der Waals surface area contributed by atoms with Crippen molar-refractivity contribution in [2.75, 3.05) is 26.3 Å². The van der Waals surface area contributed by atoms with Crippen molar-refractivity contribution >= 4 is 8.88 Å². The van der Waals surface area contributed by atoms with Gasteiger partial charge in [0.25, 0.3) is 0 Å². The molecular weight excluding hydrogens is 232 g/mol. The summed E-state index contributed by atoms with van der Waals surface area (Å²) in [7, 11) is -2.33. The van der Waals surface area contributed by atoms with E-state index in [-0.39, 0.29) is 11.1 Å². The van der Waals surface area contributed by atoms with Crippen molar-refractivity contribution < 1.29 is 8.85 Å². The fraction of sp³-hybridized carbons (Fsp3) is 1.00. The maximum Gasteiger partial charge on any atom is 0.523 e. The Bertz CT molecular complexity index is 266. The maximum absolute atomic E-state index is 6.15. The first kappa shape index (κ1) is 13.5. The first-order valence-corrected chi connectivity index (χ1v) is 8.22. The summed E-state index contributed by atoms with van der Waals surface area (Å²) in [5, 5.41) is 0. The molecule has 0 aromatic carbocycles. The molecule has 0 bridgehead atoms. The summed E-state index contributed by atoms with van der Waals surface area (Å²) in [6, 6.07) is 0. The minimum absolute atomic E-state index is 0.108. The summed E-state index contributed by atoms with van der Waals surface area (Å²) in [6.07, 6.45) is 0. The molecule has 4 nitrogen and oxygen atoms in total. The van der Waals surface area contributed by atoms with Crippen LogP contribution >= 0.6 is 0 Å². The molecule has 17 heavy (non-hydrogen) atoms. The van der Waals surface area contributed by atoms with Crippen LogP contribution in [-0.4, -0.2) is 55.4 Å². The van der Waals surface area contributed by atoms with E-state index in [4.69, 9.17) is 8.85 Å². The van der Waals surface area contributed by atoms with Crippen molar-refractivity contribution in [2.24, 2.45) is 0 Å². The molecule has 2 rings (SSSR count). The van der Waals surface area contributed by atoms with Gasteiger partial charge < -0.3 is 8.85 Å². The number of nitrogens with zero attached hydrogens (tertiary/aromatic N) is 2. The molecule has 2 fully saturated rings. The van der Waals surface area contributed by atoms with Gasteiger partial charge in [0.05, 0.1) is 13.2 Å². The van der Waals surface area contributed by atoms with Crippen LogP contribution in [0.15, 0.2) is 0 Å². The molecule has 0 radical (unpaired) electrons. The van der Waals surface area contributed by atoms with Gasteiger partial charge in [0.2, 0.25) is 0 Å². The van der Waals surface area contributed by atoms with Crippen molar-refractivity contribution in [1.29, 1.82) is 0 Å². The summed E-state index contributed by atoms with van der Waals surface area (Å²) < 4.78 is 17.2. The van der Waals surface area contributed by atoms with Gasteiger partial charge in [-0.25, -0.2) is 0 Å². The van der Waals surface area contributed by atoms with E-state index in [1.165, 1.54) is 0 Å². The molecule has 2 saturated heterocycles. The Balaban J connectivity index is 2.34. The van der Waals surface area contributed by atoms with Crippen LogP contribution in [0, 0.1) is 0 Å². The van der Waals surface area contributed by atoms with E-state index < -0.39 is 8.88 Å². The van der Waals surface area contributed by atoms with Gasteiger partial charge in [-0.05, 0) is 41.5 Å². The Kier molecular flexibility index (Phi) is 3.20. The quantitative estimate of drug-likeness (QED) is 0.617. The average Bonchev–Trinajstić information content (AvgIpc) is 2.71. The molecule has 2 aliphatic heterocycles. The van der Waals surface area contributed by atoms with Gasteiger partial charge in [0.1, 0.15) is 0 Å². The third kappa shape index (κ3) is 2.19. The second-order valence-corrected chi connectivity index (χ2v) is 9.64. The Morgan fingerprint density at radius 2 is 1.12 bits per heavy atom. The fourth-order valence-corrected chi connectivity index (χ4v) is 7.00. The Morgan fingerprint density at radius 3 is 1.41 bits per heavy atom. The van der Waals surface area contributed by atoms with Crippen LogP contribution in [0.3, 0.4) is 0 Å². The van der Waals surface area contributed by atoms with Gasteiger partial charge in [0, 0.05) is 24.2 Å². The molecule has 2 aliphatic rings. The summed E-state index contributed by atoms with van der Waals surface area (Å²) in [6.45, 7) is 17.1. The minimum atomic E-state index is -2.33. The number of rotatable bonds is 0. The molecule has 0 aliphatic carbocycles. The molecule has 5 heteroatoms. The molecule has 0 unspecified atom stereocenters. The van der Waals surface area contributed by atoms with E-state index in [9.17, 15) is 0 Å². The molecule has 100 valence electrons. The van der Waals surface area contributed by atoms with Gasteiger partial charge in [0.15, 0.2) is 0 Å². The SMILES string of the molecule is CC(C)(C)N1CCO[Si]12OCCN2C(C)(C)C. The molecule has 0 amide bonds. The van der Waals surface area contributed by atoms with Gasteiger partial charge >= 0.3 is 8.88 Å². The van der Waals surface area contributed by atoms with Gasteiger partial charge in [-0.1, -0.05) is 0 Å². The summed E-state index contributed by atoms with van der Waals surface area (Å²) in [5.74, 6) is 0. The lowest BCUT2D eigenvalue weighted by molar-refractivity contribution is 0.114. The molecule has 0 aromatic heterocycles. The van der Waals surface area contributed by atoms with Crippen molar-refractivity contribution in [3.05, 3.63) is 0 Å². The normalized spacial score (nSPS) is 27.2. The average molecular weight is 258 g/mol. The van der Waals surface area contributed by atoms with Crippen molar-refractivity contribution in [2.45, 2.75) is 52.6 Å². The lowest BCUT2D eigenvalue weighted by atomic mass is 10.1. The molecule has 1 spiro atoms. The molecule has 0 aromatic rings. The van der Waals surface area contributed by atoms with Crippen LogP contribution in [0.2, 0.25) is 0 Å². The predicted octanol–water partition coefficient (Wildman–Crippen LogP) is 1.68. The smallest absolute Gasteiger partial charge is 0.369 e.